The van der Waals surface area contributed by atoms with Gasteiger partial charge in [0.15, 0.2) is 0 Å². The van der Waals surface area contributed by atoms with Gasteiger partial charge in [-0.05, 0) is 25.0 Å². The molecule has 1 aromatic rings. The molecule has 1 aromatic carbocycles. The van der Waals surface area contributed by atoms with Crippen LogP contribution < -0.4 is 5.32 Å². The van der Waals surface area contributed by atoms with E-state index in [0.717, 1.165) is 5.69 Å². The Labute approximate surface area is 91.4 Å². The predicted octanol–water partition coefficient (Wildman–Crippen LogP) is 3.27. The van der Waals surface area contributed by atoms with Crippen molar-refractivity contribution in [3.8, 4) is 0 Å². The average molecular weight is 202 g/mol. The van der Waals surface area contributed by atoms with Gasteiger partial charge in [-0.3, -0.25) is 0 Å². The van der Waals surface area contributed by atoms with Crippen LogP contribution in [0.2, 0.25) is 0 Å². The van der Waals surface area contributed by atoms with E-state index in [-0.39, 0.29) is 0 Å². The molecule has 15 heavy (non-hydrogen) atoms. The smallest absolute Gasteiger partial charge is 0.0888 e. The van der Waals surface area contributed by atoms with Crippen LogP contribution in [0.25, 0.3) is 0 Å². The molecule has 1 fully saturated rings. The molecule has 0 unspecified atom stereocenters. The van der Waals surface area contributed by atoms with Crippen molar-refractivity contribution in [3.05, 3.63) is 30.3 Å². The highest BCUT2D eigenvalue weighted by Crippen LogP contribution is 2.17. The standard InChI is InChI=1S/C13H18N2/c1-3-7-12(8-4-1)14-11-15-13-9-5-2-6-10-13/h1,3-4,7-8,11,13H,2,5-6,9-10H2,(H,14,15). The number of para-hydroxylation sites is 1. The van der Waals surface area contributed by atoms with Gasteiger partial charge >= 0.3 is 0 Å². The molecule has 0 heterocycles. The zero-order valence-electron chi connectivity index (χ0n) is 9.02. The maximum absolute atomic E-state index is 4.36. The third kappa shape index (κ3) is 3.39. The van der Waals surface area contributed by atoms with Crippen molar-refractivity contribution in [3.63, 3.8) is 0 Å². The maximum Gasteiger partial charge on any atom is 0.0888 e. The second-order valence-corrected chi connectivity index (χ2v) is 4.10. The molecule has 2 rings (SSSR count). The number of hydrogen-bond donors (Lipinski definition) is 1. The van der Waals surface area contributed by atoms with Gasteiger partial charge in [-0.1, -0.05) is 37.5 Å². The number of rotatable bonds is 3. The summed E-state index contributed by atoms with van der Waals surface area (Å²) >= 11 is 0. The Morgan fingerprint density at radius 1 is 1.07 bits per heavy atom. The van der Waals surface area contributed by atoms with Crippen molar-refractivity contribution >= 4 is 12.0 Å². The topological polar surface area (TPSA) is 24.4 Å². The summed E-state index contributed by atoms with van der Waals surface area (Å²) in [5.41, 5.74) is 1.01. The molecule has 1 aliphatic carbocycles. The quantitative estimate of drug-likeness (QED) is 0.590. The first-order valence-corrected chi connectivity index (χ1v) is 5.79. The third-order valence-electron chi connectivity index (χ3n) is 2.89. The lowest BCUT2D eigenvalue weighted by molar-refractivity contribution is 0.416. The molecule has 2 heteroatoms. The minimum atomic E-state index is 0.645. The first-order chi connectivity index (χ1) is 7.45. The molecule has 0 atom stereocenters. The average Bonchev–Trinajstić information content (AvgIpc) is 2.32. The van der Waals surface area contributed by atoms with E-state index in [0.29, 0.717) is 6.04 Å². The lowest BCUT2D eigenvalue weighted by Crippen LogP contribution is -2.29. The molecule has 0 amide bonds. The summed E-state index contributed by atoms with van der Waals surface area (Å²) in [5.74, 6) is 0. The maximum atomic E-state index is 4.36. The number of benzene rings is 1. The van der Waals surface area contributed by atoms with Gasteiger partial charge < -0.3 is 5.32 Å². The van der Waals surface area contributed by atoms with E-state index in [4.69, 9.17) is 0 Å². The van der Waals surface area contributed by atoms with Crippen molar-refractivity contribution in [2.45, 2.75) is 38.1 Å². The number of nitrogens with zero attached hydrogens (tertiary/aromatic N) is 1. The minimum Gasteiger partial charge on any atom is -0.373 e. The van der Waals surface area contributed by atoms with Crippen LogP contribution in [0.1, 0.15) is 32.1 Å². The summed E-state index contributed by atoms with van der Waals surface area (Å²) < 4.78 is 0. The van der Waals surface area contributed by atoms with Gasteiger partial charge in [-0.15, -0.1) is 0 Å². The highest BCUT2D eigenvalue weighted by atomic mass is 15.0. The molecule has 0 aliphatic heterocycles. The van der Waals surface area contributed by atoms with E-state index in [9.17, 15) is 0 Å². The molecule has 0 radical (unpaired) electrons. The summed E-state index contributed by atoms with van der Waals surface area (Å²) in [6.07, 6.45) is 8.55. The van der Waals surface area contributed by atoms with Gasteiger partial charge in [-0.25, -0.2) is 4.99 Å². The number of nitrogens with one attached hydrogen (secondary N) is 1. The molecule has 0 saturated heterocycles. The number of hydrogen-bond acceptors (Lipinski definition) is 1. The van der Waals surface area contributed by atoms with Crippen molar-refractivity contribution in [1.29, 1.82) is 0 Å². The van der Waals surface area contributed by atoms with Crippen LogP contribution in [0.3, 0.4) is 0 Å². The fraction of sp³-hybridized carbons (Fsp3) is 0.462. The third-order valence-corrected chi connectivity index (χ3v) is 2.89. The second-order valence-electron chi connectivity index (χ2n) is 4.10. The fourth-order valence-electron chi connectivity index (χ4n) is 2.00. The summed E-state index contributed by atoms with van der Waals surface area (Å²) in [5, 5.41) is 3.38. The largest absolute Gasteiger partial charge is 0.373 e. The van der Waals surface area contributed by atoms with Crippen molar-refractivity contribution in [1.82, 2.24) is 5.32 Å². The van der Waals surface area contributed by atoms with E-state index in [2.05, 4.69) is 10.3 Å². The Balaban J connectivity index is 1.79. The molecule has 80 valence electrons. The van der Waals surface area contributed by atoms with Crippen molar-refractivity contribution in [2.24, 2.45) is 4.99 Å². The lowest BCUT2D eigenvalue weighted by atomic mass is 9.96. The normalized spacial score (nSPS) is 18.1. The molecule has 0 spiro atoms. The number of aliphatic imine (C=N–C) groups is 1. The van der Waals surface area contributed by atoms with Crippen LogP contribution in [0, 0.1) is 0 Å². The highest BCUT2D eigenvalue weighted by molar-refractivity contribution is 5.61. The fourth-order valence-corrected chi connectivity index (χ4v) is 2.00. The lowest BCUT2D eigenvalue weighted by Gasteiger charge is -2.21. The van der Waals surface area contributed by atoms with E-state index in [1.54, 1.807) is 0 Å². The summed E-state index contributed by atoms with van der Waals surface area (Å²) in [6, 6.07) is 10.7. The Bertz CT molecular complexity index is 300. The van der Waals surface area contributed by atoms with Crippen LogP contribution in [0.5, 0.6) is 0 Å². The SMILES string of the molecule is C(=Nc1ccccc1)NC1CCCCC1. The van der Waals surface area contributed by atoms with E-state index in [1.165, 1.54) is 32.1 Å². The molecular weight excluding hydrogens is 184 g/mol. The first-order valence-electron chi connectivity index (χ1n) is 5.79. The molecule has 1 N–H and O–H groups in total. The zero-order valence-corrected chi connectivity index (χ0v) is 9.02. The molecule has 1 aliphatic rings. The monoisotopic (exact) mass is 202 g/mol. The molecule has 0 bridgehead atoms. The Kier molecular flexibility index (Phi) is 3.77. The summed E-state index contributed by atoms with van der Waals surface area (Å²) in [6.45, 7) is 0. The summed E-state index contributed by atoms with van der Waals surface area (Å²) in [7, 11) is 0. The summed E-state index contributed by atoms with van der Waals surface area (Å²) in [4.78, 5) is 4.36. The highest BCUT2D eigenvalue weighted by Gasteiger charge is 2.10. The molecule has 1 saturated carbocycles. The van der Waals surface area contributed by atoms with Crippen molar-refractivity contribution in [2.75, 3.05) is 0 Å². The zero-order chi connectivity index (χ0) is 10.3. The van der Waals surface area contributed by atoms with Gasteiger partial charge in [0.2, 0.25) is 0 Å². The minimum absolute atomic E-state index is 0.645. The Morgan fingerprint density at radius 2 is 1.80 bits per heavy atom. The van der Waals surface area contributed by atoms with Crippen LogP contribution in [-0.4, -0.2) is 12.4 Å². The van der Waals surface area contributed by atoms with E-state index >= 15 is 0 Å². The molecule has 0 aromatic heterocycles. The molecule has 2 nitrogen and oxygen atoms in total. The van der Waals surface area contributed by atoms with E-state index in [1.807, 2.05) is 36.7 Å². The Morgan fingerprint density at radius 3 is 2.53 bits per heavy atom. The molecular formula is C13H18N2. The van der Waals surface area contributed by atoms with E-state index < -0.39 is 0 Å². The second kappa shape index (κ2) is 5.54. The van der Waals surface area contributed by atoms with Crippen LogP contribution in [-0.2, 0) is 0 Å². The van der Waals surface area contributed by atoms with Gasteiger partial charge in [-0.2, -0.15) is 0 Å². The van der Waals surface area contributed by atoms with Gasteiger partial charge in [0, 0.05) is 6.04 Å². The predicted molar refractivity (Wildman–Crippen MR) is 64.6 cm³/mol. The van der Waals surface area contributed by atoms with Crippen LogP contribution >= 0.6 is 0 Å². The van der Waals surface area contributed by atoms with Gasteiger partial charge in [0.25, 0.3) is 0 Å². The van der Waals surface area contributed by atoms with Crippen LogP contribution in [0.4, 0.5) is 5.69 Å². The van der Waals surface area contributed by atoms with Crippen LogP contribution in [0.15, 0.2) is 35.3 Å². The van der Waals surface area contributed by atoms with Gasteiger partial charge in [0.1, 0.15) is 0 Å². The van der Waals surface area contributed by atoms with Gasteiger partial charge in [0.05, 0.1) is 12.0 Å². The Hall–Kier alpha value is -1.31. The first kappa shape index (κ1) is 10.2. The van der Waals surface area contributed by atoms with Crippen molar-refractivity contribution < 1.29 is 0 Å².